The largest absolute Gasteiger partial charge is 0.125 e. The number of hydrogen-bond donors (Lipinski definition) is 0. The quantitative estimate of drug-likeness (QED) is 0.621. The molecule has 1 atom stereocenters. The molecule has 1 aromatic heterocycles. The third-order valence-corrected chi connectivity index (χ3v) is 3.77. The molecule has 0 saturated heterocycles. The second-order valence-corrected chi connectivity index (χ2v) is 4.81. The van der Waals surface area contributed by atoms with E-state index < -0.39 is 0 Å². The highest BCUT2D eigenvalue weighted by molar-refractivity contribution is 7.47. The molecule has 0 spiro atoms. The lowest BCUT2D eigenvalue weighted by Gasteiger charge is -1.93. The highest BCUT2D eigenvalue weighted by atomic mass is 31.1. The molecule has 1 aromatic rings. The van der Waals surface area contributed by atoms with Crippen LogP contribution in [-0.2, 0) is 6.16 Å². The van der Waals surface area contributed by atoms with Crippen LogP contribution in [-0.4, -0.2) is 0 Å². The Hall–Kier alpha value is -0.220. The first kappa shape index (κ1) is 7.88. The maximum Gasteiger partial charge on any atom is -0.0141 e. The third-order valence-electron chi connectivity index (χ3n) is 1.67. The summed E-state index contributed by atoms with van der Waals surface area (Å²) < 4.78 is 0. The maximum atomic E-state index is 2.42. The zero-order valence-electron chi connectivity index (χ0n) is 6.80. The Kier molecular flexibility index (Phi) is 3.02. The molecule has 10 heavy (non-hydrogen) atoms. The Morgan fingerprint density at radius 2 is 2.30 bits per heavy atom. The summed E-state index contributed by atoms with van der Waals surface area (Å²) in [5.74, 6) is 4.80. The number of unbranched alkanes of at least 4 members (excludes halogenated alkanes) is 1. The molecule has 0 aromatic carbocycles. The Morgan fingerprint density at radius 1 is 1.50 bits per heavy atom. The predicted molar refractivity (Wildman–Crippen MR) is 48.8 cm³/mol. The van der Waals surface area contributed by atoms with Gasteiger partial charge in [-0.1, -0.05) is 19.4 Å². The lowest BCUT2D eigenvalue weighted by atomic mass is 10.4. The molecule has 0 N–H and O–H groups in total. The van der Waals surface area contributed by atoms with Crippen molar-refractivity contribution in [2.75, 3.05) is 0 Å². The summed E-state index contributed by atoms with van der Waals surface area (Å²) >= 11 is 0. The Morgan fingerprint density at radius 3 is 2.80 bits per heavy atom. The second kappa shape index (κ2) is 3.83. The lowest BCUT2D eigenvalue weighted by Crippen LogP contribution is -1.66. The molecule has 1 unspecified atom stereocenters. The van der Waals surface area contributed by atoms with Gasteiger partial charge in [0.1, 0.15) is 0 Å². The van der Waals surface area contributed by atoms with Gasteiger partial charge in [-0.25, -0.2) is 0 Å². The van der Waals surface area contributed by atoms with E-state index in [1.807, 2.05) is 0 Å². The first-order valence-corrected chi connectivity index (χ1v) is 5.62. The van der Waals surface area contributed by atoms with Crippen LogP contribution in [0.5, 0.6) is 0 Å². The minimum Gasteiger partial charge on any atom is -0.125 e. The zero-order valence-corrected chi connectivity index (χ0v) is 7.70. The van der Waals surface area contributed by atoms with E-state index in [9.17, 15) is 0 Å². The van der Waals surface area contributed by atoms with Crippen LogP contribution in [0.2, 0.25) is 0 Å². The minimum absolute atomic E-state index is 0.167. The summed E-state index contributed by atoms with van der Waals surface area (Å²) in [7, 11) is 0.167. The maximum absolute atomic E-state index is 2.42. The van der Waals surface area contributed by atoms with Crippen molar-refractivity contribution in [1.29, 1.82) is 0 Å². The Labute approximate surface area is 64.3 Å². The van der Waals surface area contributed by atoms with Gasteiger partial charge in [0.25, 0.3) is 0 Å². The van der Waals surface area contributed by atoms with Crippen LogP contribution in [0.1, 0.15) is 25.3 Å². The molecule has 0 amide bonds. The standard InChI is InChI=1S/C9H15P/c1-3-4-6-10-7-5-9(2)8-10/h5,7-8H,3-4,6H2,1-2H3. The molecule has 0 nitrogen and oxygen atoms in total. The number of aryl methyl sites for hydroxylation is 2. The molecule has 0 saturated carbocycles. The third kappa shape index (κ3) is 2.19. The normalized spacial score (nSPS) is 12.0. The van der Waals surface area contributed by atoms with Crippen LogP contribution < -0.4 is 0 Å². The molecular weight excluding hydrogens is 139 g/mol. The monoisotopic (exact) mass is 154 g/mol. The molecule has 0 aliphatic rings. The van der Waals surface area contributed by atoms with Crippen molar-refractivity contribution in [2.24, 2.45) is 0 Å². The molecule has 1 heterocycles. The van der Waals surface area contributed by atoms with Gasteiger partial charge in [0.2, 0.25) is 0 Å². The van der Waals surface area contributed by atoms with Crippen molar-refractivity contribution in [3.8, 4) is 0 Å². The van der Waals surface area contributed by atoms with Gasteiger partial charge in [-0.2, -0.15) is 0 Å². The SMILES string of the molecule is CCCCp1ccc(C)c1. The average molecular weight is 154 g/mol. The lowest BCUT2D eigenvalue weighted by molar-refractivity contribution is 0.855. The van der Waals surface area contributed by atoms with Crippen LogP contribution in [0.3, 0.4) is 0 Å². The van der Waals surface area contributed by atoms with Crippen molar-refractivity contribution in [3.63, 3.8) is 0 Å². The molecule has 0 fully saturated rings. The van der Waals surface area contributed by atoms with Crippen molar-refractivity contribution in [1.82, 2.24) is 0 Å². The fraction of sp³-hybridized carbons (Fsp3) is 0.556. The predicted octanol–water partition coefficient (Wildman–Crippen LogP) is 3.78. The number of hydrogen-bond acceptors (Lipinski definition) is 0. The molecular formula is C9H15P. The molecule has 1 rings (SSSR count). The fourth-order valence-corrected chi connectivity index (χ4v) is 3.12. The van der Waals surface area contributed by atoms with Crippen molar-refractivity contribution < 1.29 is 0 Å². The topological polar surface area (TPSA) is 0 Å². The molecule has 0 radical (unpaired) electrons. The van der Waals surface area contributed by atoms with Crippen LogP contribution in [0.25, 0.3) is 0 Å². The summed E-state index contributed by atoms with van der Waals surface area (Å²) in [5.41, 5.74) is 1.46. The molecule has 56 valence electrons. The molecule has 0 aliphatic heterocycles. The average Bonchev–Trinajstić information content (AvgIpc) is 2.31. The molecule has 0 bridgehead atoms. The van der Waals surface area contributed by atoms with Gasteiger partial charge in [0.15, 0.2) is 0 Å². The van der Waals surface area contributed by atoms with E-state index in [1.165, 1.54) is 24.6 Å². The molecule has 1 heteroatoms. The summed E-state index contributed by atoms with van der Waals surface area (Å²) in [6.07, 6.45) is 4.12. The highest BCUT2D eigenvalue weighted by Crippen LogP contribution is 2.31. The van der Waals surface area contributed by atoms with E-state index in [0.717, 1.165) is 0 Å². The van der Waals surface area contributed by atoms with E-state index >= 15 is 0 Å². The van der Waals surface area contributed by atoms with E-state index in [4.69, 9.17) is 0 Å². The summed E-state index contributed by atoms with van der Waals surface area (Å²) in [6.45, 7) is 4.44. The second-order valence-electron chi connectivity index (χ2n) is 2.78. The smallest absolute Gasteiger partial charge is 0.0141 e. The van der Waals surface area contributed by atoms with Crippen molar-refractivity contribution in [3.05, 3.63) is 23.2 Å². The first-order valence-electron chi connectivity index (χ1n) is 3.95. The van der Waals surface area contributed by atoms with E-state index in [0.29, 0.717) is 0 Å². The van der Waals surface area contributed by atoms with Gasteiger partial charge < -0.3 is 0 Å². The van der Waals surface area contributed by atoms with E-state index in [1.54, 1.807) is 0 Å². The minimum atomic E-state index is 0.167. The Bertz CT molecular complexity index is 188. The zero-order chi connectivity index (χ0) is 7.40. The van der Waals surface area contributed by atoms with Crippen LogP contribution >= 0.6 is 7.53 Å². The van der Waals surface area contributed by atoms with E-state index in [-0.39, 0.29) is 7.53 Å². The van der Waals surface area contributed by atoms with Crippen molar-refractivity contribution >= 4 is 7.53 Å². The van der Waals surface area contributed by atoms with Crippen LogP contribution in [0.15, 0.2) is 17.7 Å². The summed E-state index contributed by atoms with van der Waals surface area (Å²) in [4.78, 5) is 0. The van der Waals surface area contributed by atoms with Gasteiger partial charge in [0.05, 0.1) is 0 Å². The number of rotatable bonds is 3. The summed E-state index contributed by atoms with van der Waals surface area (Å²) in [5, 5.41) is 0. The van der Waals surface area contributed by atoms with Gasteiger partial charge in [-0.05, 0) is 36.7 Å². The molecule has 0 aliphatic carbocycles. The van der Waals surface area contributed by atoms with Gasteiger partial charge in [-0.15, -0.1) is 7.53 Å². The van der Waals surface area contributed by atoms with Gasteiger partial charge in [-0.3, -0.25) is 0 Å². The van der Waals surface area contributed by atoms with Crippen LogP contribution in [0, 0.1) is 6.92 Å². The van der Waals surface area contributed by atoms with Crippen molar-refractivity contribution in [2.45, 2.75) is 32.9 Å². The van der Waals surface area contributed by atoms with Gasteiger partial charge in [0, 0.05) is 0 Å². The first-order chi connectivity index (χ1) is 4.83. The fourth-order valence-electron chi connectivity index (χ4n) is 1.04. The highest BCUT2D eigenvalue weighted by Gasteiger charge is 1.91. The van der Waals surface area contributed by atoms with E-state index in [2.05, 4.69) is 31.5 Å². The Balaban J connectivity index is 2.42. The summed E-state index contributed by atoms with van der Waals surface area (Å²) in [6, 6.07) is 2.25. The van der Waals surface area contributed by atoms with Gasteiger partial charge >= 0.3 is 0 Å². The van der Waals surface area contributed by atoms with Crippen LogP contribution in [0.4, 0.5) is 0 Å².